The van der Waals surface area contributed by atoms with Crippen molar-refractivity contribution in [2.45, 2.75) is 12.8 Å². The van der Waals surface area contributed by atoms with Crippen LogP contribution in [-0.4, -0.2) is 57.3 Å². The molecule has 0 unspecified atom stereocenters. The lowest BCUT2D eigenvalue weighted by atomic mass is 10.0. The Morgan fingerprint density at radius 1 is 1.24 bits per heavy atom. The highest BCUT2D eigenvalue weighted by atomic mass is 16.5. The van der Waals surface area contributed by atoms with Gasteiger partial charge in [-0.2, -0.15) is 0 Å². The van der Waals surface area contributed by atoms with Gasteiger partial charge in [-0.05, 0) is 34.9 Å². The van der Waals surface area contributed by atoms with Crippen LogP contribution in [0.1, 0.15) is 12.0 Å². The number of morpholine rings is 1. The predicted octanol–water partition coefficient (Wildman–Crippen LogP) is 2.23. The Morgan fingerprint density at radius 2 is 2.08 bits per heavy atom. The summed E-state index contributed by atoms with van der Waals surface area (Å²) in [6, 6.07) is 12.4. The van der Waals surface area contributed by atoms with Gasteiger partial charge in [-0.3, -0.25) is 9.69 Å². The molecule has 134 valence electrons. The van der Waals surface area contributed by atoms with Crippen molar-refractivity contribution >= 4 is 16.7 Å². The van der Waals surface area contributed by atoms with Crippen LogP contribution in [0, 0.1) is 0 Å². The van der Waals surface area contributed by atoms with Crippen LogP contribution in [0.2, 0.25) is 0 Å². The summed E-state index contributed by atoms with van der Waals surface area (Å²) in [5.41, 5.74) is 1.23. The largest absolute Gasteiger partial charge is 0.497 e. The maximum absolute atomic E-state index is 12.1. The van der Waals surface area contributed by atoms with Crippen LogP contribution in [0.4, 0.5) is 0 Å². The van der Waals surface area contributed by atoms with E-state index >= 15 is 0 Å². The third-order valence-corrected chi connectivity index (χ3v) is 4.65. The number of methoxy groups -OCH3 is 1. The van der Waals surface area contributed by atoms with E-state index in [1.807, 2.05) is 6.07 Å². The van der Waals surface area contributed by atoms with Crippen LogP contribution in [0.25, 0.3) is 10.8 Å². The topological polar surface area (TPSA) is 50.8 Å². The van der Waals surface area contributed by atoms with Crippen molar-refractivity contribution in [2.75, 3.05) is 46.5 Å². The molecular formula is C20H26N2O3. The number of amides is 1. The number of fused-ring (bicyclic) bond motifs is 1. The van der Waals surface area contributed by atoms with Gasteiger partial charge in [0.1, 0.15) is 5.75 Å². The van der Waals surface area contributed by atoms with E-state index in [0.717, 1.165) is 45.0 Å². The van der Waals surface area contributed by atoms with E-state index in [-0.39, 0.29) is 5.91 Å². The molecule has 0 saturated carbocycles. The number of carbonyl (C=O) groups excluding carboxylic acids is 1. The Balaban J connectivity index is 1.49. The van der Waals surface area contributed by atoms with Crippen molar-refractivity contribution in [1.29, 1.82) is 0 Å². The van der Waals surface area contributed by atoms with Gasteiger partial charge < -0.3 is 14.8 Å². The number of carbonyl (C=O) groups is 1. The molecule has 0 radical (unpaired) electrons. The molecule has 1 saturated heterocycles. The maximum atomic E-state index is 12.1. The maximum Gasteiger partial charge on any atom is 0.221 e. The predicted molar refractivity (Wildman–Crippen MR) is 99.1 cm³/mol. The Labute approximate surface area is 148 Å². The standard InChI is InChI=1S/C20H26N2O3/c1-24-18-6-5-16-3-2-4-17(19(16)15-18)7-9-21-20(23)8-10-22-11-13-25-14-12-22/h2-6,15H,7-14H2,1H3,(H,21,23). The van der Waals surface area contributed by atoms with E-state index in [1.54, 1.807) is 7.11 Å². The number of nitrogens with zero attached hydrogens (tertiary/aromatic N) is 1. The second-order valence-electron chi connectivity index (χ2n) is 6.31. The molecule has 1 fully saturated rings. The van der Waals surface area contributed by atoms with Gasteiger partial charge in [0.15, 0.2) is 0 Å². The van der Waals surface area contributed by atoms with Crippen LogP contribution >= 0.6 is 0 Å². The van der Waals surface area contributed by atoms with Crippen molar-refractivity contribution in [3.8, 4) is 5.75 Å². The van der Waals surface area contributed by atoms with Crippen molar-refractivity contribution in [3.63, 3.8) is 0 Å². The summed E-state index contributed by atoms with van der Waals surface area (Å²) < 4.78 is 10.6. The van der Waals surface area contributed by atoms with E-state index < -0.39 is 0 Å². The smallest absolute Gasteiger partial charge is 0.221 e. The SMILES string of the molecule is COc1ccc2cccc(CCNC(=O)CCN3CCOCC3)c2c1. The number of hydrogen-bond donors (Lipinski definition) is 1. The molecule has 1 N–H and O–H groups in total. The van der Waals surface area contributed by atoms with Gasteiger partial charge in [0.25, 0.3) is 0 Å². The number of ether oxygens (including phenoxy) is 2. The monoisotopic (exact) mass is 342 g/mol. The number of rotatable bonds is 7. The van der Waals surface area contributed by atoms with E-state index in [0.29, 0.717) is 13.0 Å². The van der Waals surface area contributed by atoms with E-state index in [9.17, 15) is 4.79 Å². The minimum absolute atomic E-state index is 0.115. The number of nitrogens with one attached hydrogen (secondary N) is 1. The first-order valence-electron chi connectivity index (χ1n) is 8.89. The molecule has 1 amide bonds. The van der Waals surface area contributed by atoms with Gasteiger partial charge in [-0.25, -0.2) is 0 Å². The van der Waals surface area contributed by atoms with Crippen LogP contribution in [0.3, 0.4) is 0 Å². The van der Waals surface area contributed by atoms with Gasteiger partial charge in [0.2, 0.25) is 5.91 Å². The lowest BCUT2D eigenvalue weighted by Gasteiger charge is -2.26. The Morgan fingerprint density at radius 3 is 2.88 bits per heavy atom. The third-order valence-electron chi connectivity index (χ3n) is 4.65. The Hall–Kier alpha value is -2.11. The molecule has 0 aliphatic carbocycles. The lowest BCUT2D eigenvalue weighted by molar-refractivity contribution is -0.121. The van der Waals surface area contributed by atoms with Crippen molar-refractivity contribution in [3.05, 3.63) is 42.0 Å². The molecule has 5 nitrogen and oxygen atoms in total. The fourth-order valence-corrected chi connectivity index (χ4v) is 3.17. The average molecular weight is 342 g/mol. The van der Waals surface area contributed by atoms with E-state index in [4.69, 9.17) is 9.47 Å². The molecule has 1 aliphatic rings. The Kier molecular flexibility index (Phi) is 6.25. The average Bonchev–Trinajstić information content (AvgIpc) is 2.67. The van der Waals surface area contributed by atoms with Gasteiger partial charge in [0, 0.05) is 32.6 Å². The number of benzene rings is 2. The molecule has 0 aromatic heterocycles. The van der Waals surface area contributed by atoms with Crippen molar-refractivity contribution < 1.29 is 14.3 Å². The van der Waals surface area contributed by atoms with Crippen LogP contribution in [0.15, 0.2) is 36.4 Å². The summed E-state index contributed by atoms with van der Waals surface area (Å²) in [6.07, 6.45) is 1.36. The second kappa shape index (κ2) is 8.83. The van der Waals surface area contributed by atoms with E-state index in [1.165, 1.54) is 16.3 Å². The highest BCUT2D eigenvalue weighted by Crippen LogP contribution is 2.24. The van der Waals surface area contributed by atoms with Crippen molar-refractivity contribution in [1.82, 2.24) is 10.2 Å². The lowest BCUT2D eigenvalue weighted by Crippen LogP contribution is -2.39. The van der Waals surface area contributed by atoms with Gasteiger partial charge in [0.05, 0.1) is 20.3 Å². The fraction of sp³-hybridized carbons (Fsp3) is 0.450. The van der Waals surface area contributed by atoms with Crippen LogP contribution in [-0.2, 0) is 16.0 Å². The molecule has 2 aromatic carbocycles. The highest BCUT2D eigenvalue weighted by Gasteiger charge is 2.11. The summed E-state index contributed by atoms with van der Waals surface area (Å²) in [4.78, 5) is 14.3. The molecule has 1 heterocycles. The molecule has 3 rings (SSSR count). The summed E-state index contributed by atoms with van der Waals surface area (Å²) >= 11 is 0. The molecule has 1 aliphatic heterocycles. The quantitative estimate of drug-likeness (QED) is 0.838. The first kappa shape index (κ1) is 17.7. The highest BCUT2D eigenvalue weighted by molar-refractivity contribution is 5.87. The minimum Gasteiger partial charge on any atom is -0.497 e. The zero-order chi connectivity index (χ0) is 17.5. The first-order chi connectivity index (χ1) is 12.3. The van der Waals surface area contributed by atoms with Gasteiger partial charge in [-0.15, -0.1) is 0 Å². The molecule has 0 bridgehead atoms. The van der Waals surface area contributed by atoms with Crippen molar-refractivity contribution in [2.24, 2.45) is 0 Å². The molecule has 0 spiro atoms. The second-order valence-corrected chi connectivity index (χ2v) is 6.31. The molecule has 2 aromatic rings. The van der Waals surface area contributed by atoms with Gasteiger partial charge in [-0.1, -0.05) is 24.3 Å². The molecule has 5 heteroatoms. The van der Waals surface area contributed by atoms with Crippen LogP contribution < -0.4 is 10.1 Å². The van der Waals surface area contributed by atoms with Crippen LogP contribution in [0.5, 0.6) is 5.75 Å². The van der Waals surface area contributed by atoms with Gasteiger partial charge >= 0.3 is 0 Å². The molecule has 25 heavy (non-hydrogen) atoms. The summed E-state index contributed by atoms with van der Waals surface area (Å²) in [6.45, 7) is 4.84. The summed E-state index contributed by atoms with van der Waals surface area (Å²) in [7, 11) is 1.68. The number of hydrogen-bond acceptors (Lipinski definition) is 4. The minimum atomic E-state index is 0.115. The normalized spacial score (nSPS) is 15.2. The van der Waals surface area contributed by atoms with E-state index in [2.05, 4.69) is 40.5 Å². The first-order valence-corrected chi connectivity index (χ1v) is 8.89. The third kappa shape index (κ3) is 4.94. The fourth-order valence-electron chi connectivity index (χ4n) is 3.17. The summed E-state index contributed by atoms with van der Waals surface area (Å²) in [5, 5.41) is 5.41. The Bertz CT molecular complexity index is 711. The summed E-state index contributed by atoms with van der Waals surface area (Å²) in [5.74, 6) is 0.971. The zero-order valence-corrected chi connectivity index (χ0v) is 14.8. The zero-order valence-electron chi connectivity index (χ0n) is 14.8. The molecule has 0 atom stereocenters. The molecular weight excluding hydrogens is 316 g/mol.